The summed E-state index contributed by atoms with van der Waals surface area (Å²) in [5, 5.41) is 12.0. The lowest BCUT2D eigenvalue weighted by molar-refractivity contribution is -0.142. The zero-order valence-corrected chi connectivity index (χ0v) is 15.8. The van der Waals surface area contributed by atoms with E-state index < -0.39 is 5.97 Å². The average Bonchev–Trinajstić information content (AvgIpc) is 2.69. The van der Waals surface area contributed by atoms with E-state index in [1.807, 2.05) is 30.3 Å². The highest BCUT2D eigenvalue weighted by Gasteiger charge is 2.28. The number of hydrogen-bond donors (Lipinski definition) is 2. The zero-order chi connectivity index (χ0) is 20.1. The van der Waals surface area contributed by atoms with Crippen LogP contribution in [-0.2, 0) is 18.4 Å². The SMILES string of the molecule is Cn1ccc(=O)c(OCc2ccccc2)c1C(=O)NC1CCC(C(=O)O)CC1. The van der Waals surface area contributed by atoms with Gasteiger partial charge >= 0.3 is 5.97 Å². The maximum Gasteiger partial charge on any atom is 0.306 e. The van der Waals surface area contributed by atoms with Crippen molar-refractivity contribution in [1.82, 2.24) is 9.88 Å². The molecular formula is C21H24N2O5. The first-order valence-corrected chi connectivity index (χ1v) is 9.35. The molecule has 7 heteroatoms. The van der Waals surface area contributed by atoms with Crippen LogP contribution in [0.3, 0.4) is 0 Å². The number of ether oxygens (including phenoxy) is 1. The maximum absolute atomic E-state index is 12.9. The molecule has 1 aromatic heterocycles. The second-order valence-electron chi connectivity index (χ2n) is 7.10. The third-order valence-electron chi connectivity index (χ3n) is 5.09. The number of nitrogens with one attached hydrogen (secondary N) is 1. The molecule has 1 aliphatic rings. The Bertz CT molecular complexity index is 899. The van der Waals surface area contributed by atoms with Crippen molar-refractivity contribution < 1.29 is 19.4 Å². The fourth-order valence-corrected chi connectivity index (χ4v) is 3.48. The largest absolute Gasteiger partial charge is 0.483 e. The molecule has 0 bridgehead atoms. The highest BCUT2D eigenvalue weighted by Crippen LogP contribution is 2.25. The molecule has 1 fully saturated rings. The van der Waals surface area contributed by atoms with Gasteiger partial charge < -0.3 is 19.7 Å². The zero-order valence-electron chi connectivity index (χ0n) is 15.8. The summed E-state index contributed by atoms with van der Waals surface area (Å²) in [6, 6.07) is 10.7. The van der Waals surface area contributed by atoms with Gasteiger partial charge in [0, 0.05) is 25.4 Å². The predicted molar refractivity (Wildman–Crippen MR) is 103 cm³/mol. The number of hydrogen-bond acceptors (Lipinski definition) is 4. The van der Waals surface area contributed by atoms with Crippen molar-refractivity contribution in [3.05, 3.63) is 64.1 Å². The Morgan fingerprint density at radius 2 is 1.82 bits per heavy atom. The van der Waals surface area contributed by atoms with Crippen LogP contribution in [0.15, 0.2) is 47.4 Å². The number of carbonyl (C=O) groups excluding carboxylic acids is 1. The van der Waals surface area contributed by atoms with Crippen LogP contribution in [0.4, 0.5) is 0 Å². The number of carbonyl (C=O) groups is 2. The fourth-order valence-electron chi connectivity index (χ4n) is 3.48. The topological polar surface area (TPSA) is 97.6 Å². The molecule has 0 aliphatic heterocycles. The van der Waals surface area contributed by atoms with Crippen LogP contribution in [0.2, 0.25) is 0 Å². The predicted octanol–water partition coefficient (Wildman–Crippen LogP) is 2.34. The summed E-state index contributed by atoms with van der Waals surface area (Å²) in [6.07, 6.45) is 3.80. The molecule has 0 unspecified atom stereocenters. The van der Waals surface area contributed by atoms with E-state index in [1.165, 1.54) is 12.3 Å². The minimum Gasteiger partial charge on any atom is -0.483 e. The quantitative estimate of drug-likeness (QED) is 0.797. The number of benzene rings is 1. The molecule has 1 aromatic carbocycles. The average molecular weight is 384 g/mol. The van der Waals surface area contributed by atoms with E-state index in [-0.39, 0.29) is 41.3 Å². The van der Waals surface area contributed by atoms with E-state index in [0.29, 0.717) is 25.7 Å². The highest BCUT2D eigenvalue weighted by atomic mass is 16.5. The summed E-state index contributed by atoms with van der Waals surface area (Å²) in [6.45, 7) is 0.185. The molecule has 0 saturated heterocycles. The third kappa shape index (κ3) is 4.60. The second-order valence-corrected chi connectivity index (χ2v) is 7.10. The Labute approximate surface area is 163 Å². The molecule has 0 spiro atoms. The minimum absolute atomic E-state index is 0.0191. The number of aliphatic carboxylic acids is 1. The summed E-state index contributed by atoms with van der Waals surface area (Å²) < 4.78 is 7.29. The lowest BCUT2D eigenvalue weighted by Gasteiger charge is -2.27. The van der Waals surface area contributed by atoms with Crippen molar-refractivity contribution in [2.75, 3.05) is 0 Å². The summed E-state index contributed by atoms with van der Waals surface area (Å²) in [7, 11) is 1.69. The summed E-state index contributed by atoms with van der Waals surface area (Å²) >= 11 is 0. The standard InChI is InChI=1S/C21H24N2O5/c1-23-12-11-17(24)19(28-13-14-5-3-2-4-6-14)18(23)20(25)22-16-9-7-15(8-10-16)21(26)27/h2-6,11-12,15-16H,7-10,13H2,1H3,(H,22,25)(H,26,27). The monoisotopic (exact) mass is 384 g/mol. The Kier molecular flexibility index (Phi) is 6.13. The van der Waals surface area contributed by atoms with Crippen molar-refractivity contribution in [1.29, 1.82) is 0 Å². The first kappa shape index (κ1) is 19.7. The lowest BCUT2D eigenvalue weighted by atomic mass is 9.86. The van der Waals surface area contributed by atoms with Gasteiger partial charge in [-0.25, -0.2) is 0 Å². The number of rotatable bonds is 6. The van der Waals surface area contributed by atoms with Gasteiger partial charge in [0.2, 0.25) is 5.43 Å². The lowest BCUT2D eigenvalue weighted by Crippen LogP contribution is -2.40. The van der Waals surface area contributed by atoms with Gasteiger partial charge in [-0.1, -0.05) is 30.3 Å². The third-order valence-corrected chi connectivity index (χ3v) is 5.09. The van der Waals surface area contributed by atoms with Gasteiger partial charge in [0.25, 0.3) is 5.91 Å². The second kappa shape index (κ2) is 8.73. The van der Waals surface area contributed by atoms with E-state index in [4.69, 9.17) is 9.84 Å². The first-order valence-electron chi connectivity index (χ1n) is 9.35. The normalized spacial score (nSPS) is 19.0. The molecule has 2 aromatic rings. The van der Waals surface area contributed by atoms with Crippen LogP contribution < -0.4 is 15.5 Å². The fraction of sp³-hybridized carbons (Fsp3) is 0.381. The molecule has 1 amide bonds. The molecule has 0 atom stereocenters. The summed E-state index contributed by atoms with van der Waals surface area (Å²) in [4.78, 5) is 36.3. The van der Waals surface area contributed by atoms with E-state index in [1.54, 1.807) is 11.6 Å². The van der Waals surface area contributed by atoms with Crippen molar-refractivity contribution in [3.8, 4) is 5.75 Å². The summed E-state index contributed by atoms with van der Waals surface area (Å²) in [5.41, 5.74) is 0.712. The van der Waals surface area contributed by atoms with E-state index >= 15 is 0 Å². The van der Waals surface area contributed by atoms with E-state index in [2.05, 4.69) is 5.32 Å². The van der Waals surface area contributed by atoms with Crippen molar-refractivity contribution in [3.63, 3.8) is 0 Å². The van der Waals surface area contributed by atoms with Gasteiger partial charge in [0.15, 0.2) is 11.4 Å². The molecular weight excluding hydrogens is 360 g/mol. The Hall–Kier alpha value is -3.09. The molecule has 1 saturated carbocycles. The molecule has 1 heterocycles. The molecule has 148 valence electrons. The van der Waals surface area contributed by atoms with Gasteiger partial charge in [-0.3, -0.25) is 14.4 Å². The number of carboxylic acid groups (broad SMARTS) is 1. The number of aromatic nitrogens is 1. The Balaban J connectivity index is 1.73. The van der Waals surface area contributed by atoms with Gasteiger partial charge in [-0.15, -0.1) is 0 Å². The van der Waals surface area contributed by atoms with Crippen molar-refractivity contribution in [2.45, 2.75) is 38.3 Å². The number of pyridine rings is 1. The smallest absolute Gasteiger partial charge is 0.306 e. The van der Waals surface area contributed by atoms with Crippen LogP contribution in [-0.4, -0.2) is 27.6 Å². The molecule has 28 heavy (non-hydrogen) atoms. The van der Waals surface area contributed by atoms with Gasteiger partial charge in [0.1, 0.15) is 6.61 Å². The van der Waals surface area contributed by atoms with Gasteiger partial charge in [0.05, 0.1) is 5.92 Å². The van der Waals surface area contributed by atoms with Crippen molar-refractivity contribution in [2.24, 2.45) is 13.0 Å². The molecule has 7 nitrogen and oxygen atoms in total. The Morgan fingerprint density at radius 1 is 1.14 bits per heavy atom. The molecule has 1 aliphatic carbocycles. The maximum atomic E-state index is 12.9. The van der Waals surface area contributed by atoms with Crippen LogP contribution in [0.25, 0.3) is 0 Å². The van der Waals surface area contributed by atoms with Crippen molar-refractivity contribution >= 4 is 11.9 Å². The first-order chi connectivity index (χ1) is 13.5. The number of amides is 1. The number of nitrogens with zero attached hydrogens (tertiary/aromatic N) is 1. The highest BCUT2D eigenvalue weighted by molar-refractivity contribution is 5.95. The minimum atomic E-state index is -0.785. The van der Waals surface area contributed by atoms with Crippen LogP contribution >= 0.6 is 0 Å². The number of carboxylic acids is 1. The molecule has 3 rings (SSSR count). The van der Waals surface area contributed by atoms with Gasteiger partial charge in [-0.05, 0) is 31.2 Å². The molecule has 0 radical (unpaired) electrons. The summed E-state index contributed by atoms with van der Waals surface area (Å²) in [5.74, 6) is -1.50. The van der Waals surface area contributed by atoms with Crippen LogP contribution in [0, 0.1) is 5.92 Å². The van der Waals surface area contributed by atoms with Crippen LogP contribution in [0.1, 0.15) is 41.7 Å². The molecule has 2 N–H and O–H groups in total. The number of aryl methyl sites for hydroxylation is 1. The van der Waals surface area contributed by atoms with Crippen LogP contribution in [0.5, 0.6) is 5.75 Å². The van der Waals surface area contributed by atoms with E-state index in [9.17, 15) is 14.4 Å². The Morgan fingerprint density at radius 3 is 2.46 bits per heavy atom. The van der Waals surface area contributed by atoms with Gasteiger partial charge in [-0.2, -0.15) is 0 Å². The van der Waals surface area contributed by atoms with E-state index in [0.717, 1.165) is 5.56 Å².